The molecule has 174 valence electrons. The first-order valence-corrected chi connectivity index (χ1v) is 10.7. The first-order chi connectivity index (χ1) is 16.5. The van der Waals surface area contributed by atoms with Crippen LogP contribution in [0.25, 0.3) is 5.82 Å². The average molecular weight is 460 g/mol. The maximum absolute atomic E-state index is 13.1. The monoisotopic (exact) mass is 459 g/mol. The van der Waals surface area contributed by atoms with Crippen molar-refractivity contribution in [1.29, 1.82) is 0 Å². The fourth-order valence-electron chi connectivity index (χ4n) is 3.52. The molecule has 2 heterocycles. The number of methoxy groups -OCH3 is 1. The Morgan fingerprint density at radius 2 is 1.85 bits per heavy atom. The quantitative estimate of drug-likeness (QED) is 0.434. The van der Waals surface area contributed by atoms with Crippen LogP contribution in [0.4, 0.5) is 0 Å². The van der Waals surface area contributed by atoms with E-state index in [-0.39, 0.29) is 11.5 Å². The van der Waals surface area contributed by atoms with Crippen LogP contribution in [0.2, 0.25) is 0 Å². The number of nitrogens with one attached hydrogen (secondary N) is 1. The van der Waals surface area contributed by atoms with Crippen LogP contribution < -0.4 is 15.0 Å². The number of hydrogen-bond acceptors (Lipinski definition) is 6. The van der Waals surface area contributed by atoms with Crippen molar-refractivity contribution in [2.75, 3.05) is 14.2 Å². The molecule has 0 atom stereocenters. The first kappa shape index (κ1) is 22.8. The fourth-order valence-corrected chi connectivity index (χ4v) is 3.52. The van der Waals surface area contributed by atoms with Crippen LogP contribution in [0.5, 0.6) is 11.5 Å². The molecule has 9 heteroatoms. The largest absolute Gasteiger partial charge is 0.493 e. The third-order valence-electron chi connectivity index (χ3n) is 5.35. The number of rotatable bonds is 8. The third kappa shape index (κ3) is 4.98. The van der Waals surface area contributed by atoms with Gasteiger partial charge in [0, 0.05) is 19.7 Å². The molecule has 0 aliphatic rings. The summed E-state index contributed by atoms with van der Waals surface area (Å²) in [7, 11) is 3.32. The topological polar surface area (TPSA) is 102 Å². The lowest BCUT2D eigenvalue weighted by atomic mass is 10.1. The van der Waals surface area contributed by atoms with E-state index in [1.165, 1.54) is 16.9 Å². The van der Waals surface area contributed by atoms with Crippen molar-refractivity contribution in [2.24, 2.45) is 0 Å². The molecule has 0 spiro atoms. The Morgan fingerprint density at radius 3 is 2.56 bits per heavy atom. The molecular formula is C25H25N5O4. The second-order valence-electron chi connectivity index (χ2n) is 7.76. The summed E-state index contributed by atoms with van der Waals surface area (Å²) in [4.78, 5) is 26.0. The molecule has 34 heavy (non-hydrogen) atoms. The van der Waals surface area contributed by atoms with Gasteiger partial charge in [-0.05, 0) is 36.2 Å². The lowest BCUT2D eigenvalue weighted by Gasteiger charge is -2.18. The molecule has 4 aromatic rings. The molecule has 0 bridgehead atoms. The predicted octanol–water partition coefficient (Wildman–Crippen LogP) is 3.12. The Morgan fingerprint density at radius 1 is 1.06 bits per heavy atom. The Balaban J connectivity index is 1.46. The summed E-state index contributed by atoms with van der Waals surface area (Å²) < 4.78 is 12.9. The molecule has 9 nitrogen and oxygen atoms in total. The highest BCUT2D eigenvalue weighted by atomic mass is 16.5. The maximum atomic E-state index is 13.1. The molecule has 0 aliphatic carbocycles. The van der Waals surface area contributed by atoms with E-state index in [9.17, 15) is 9.59 Å². The van der Waals surface area contributed by atoms with Gasteiger partial charge in [-0.25, -0.2) is 9.78 Å². The number of hydrogen-bond donors (Lipinski definition) is 1. The van der Waals surface area contributed by atoms with Crippen LogP contribution in [0.3, 0.4) is 0 Å². The molecular weight excluding hydrogens is 434 g/mol. The van der Waals surface area contributed by atoms with Crippen molar-refractivity contribution >= 4 is 5.91 Å². The number of H-pyrrole nitrogens is 1. The molecule has 2 aromatic carbocycles. The molecule has 1 N–H and O–H groups in total. The number of carbonyl (C=O) groups is 1. The number of nitrogens with zero attached hydrogens (tertiary/aromatic N) is 4. The number of benzene rings is 2. The first-order valence-electron chi connectivity index (χ1n) is 10.7. The van der Waals surface area contributed by atoms with Gasteiger partial charge in [-0.3, -0.25) is 9.59 Å². The summed E-state index contributed by atoms with van der Waals surface area (Å²) in [6, 6.07) is 18.4. The van der Waals surface area contributed by atoms with Gasteiger partial charge in [0.15, 0.2) is 17.3 Å². The highest BCUT2D eigenvalue weighted by Gasteiger charge is 2.20. The molecule has 4 rings (SSSR count). The summed E-state index contributed by atoms with van der Waals surface area (Å²) in [5, 5.41) is 10.6. The standard InChI is InChI=1S/C25H25N5O4/c1-17-20(14-26-30(17)23-11-12-24(31)28-27-23)25(32)29(2)15-19-9-10-21(22(13-19)33-3)34-16-18-7-5-4-6-8-18/h4-14H,15-16H2,1-3H3,(H,28,31). The lowest BCUT2D eigenvalue weighted by molar-refractivity contribution is 0.0784. The van der Waals surface area contributed by atoms with Crippen molar-refractivity contribution < 1.29 is 14.3 Å². The van der Waals surface area contributed by atoms with Crippen LogP contribution in [-0.2, 0) is 13.2 Å². The second-order valence-corrected chi connectivity index (χ2v) is 7.76. The minimum atomic E-state index is -0.309. The van der Waals surface area contributed by atoms with Crippen LogP contribution in [0.1, 0.15) is 27.2 Å². The highest BCUT2D eigenvalue weighted by molar-refractivity contribution is 5.95. The zero-order chi connectivity index (χ0) is 24.1. The van der Waals surface area contributed by atoms with Gasteiger partial charge >= 0.3 is 0 Å². The van der Waals surface area contributed by atoms with Gasteiger partial charge in [-0.1, -0.05) is 36.4 Å². The Kier molecular flexibility index (Phi) is 6.72. The number of carbonyl (C=O) groups excluding carboxylic acids is 1. The van der Waals surface area contributed by atoms with E-state index in [0.717, 1.165) is 11.1 Å². The van der Waals surface area contributed by atoms with Crippen molar-refractivity contribution in [1.82, 2.24) is 24.9 Å². The van der Waals surface area contributed by atoms with Crippen molar-refractivity contribution in [3.63, 3.8) is 0 Å². The molecule has 0 unspecified atom stereocenters. The van der Waals surface area contributed by atoms with Crippen molar-refractivity contribution in [2.45, 2.75) is 20.1 Å². The van der Waals surface area contributed by atoms with Crippen LogP contribution in [-0.4, -0.2) is 44.9 Å². The normalized spacial score (nSPS) is 10.7. The van der Waals surface area contributed by atoms with Crippen molar-refractivity contribution in [3.05, 3.63) is 99.6 Å². The molecule has 1 amide bonds. The Labute approximate surface area is 196 Å². The average Bonchev–Trinajstić information content (AvgIpc) is 3.24. The minimum Gasteiger partial charge on any atom is -0.493 e. The smallest absolute Gasteiger partial charge is 0.264 e. The summed E-state index contributed by atoms with van der Waals surface area (Å²) >= 11 is 0. The fraction of sp³-hybridized carbons (Fsp3) is 0.200. The van der Waals surface area contributed by atoms with E-state index in [1.54, 1.807) is 32.0 Å². The maximum Gasteiger partial charge on any atom is 0.264 e. The zero-order valence-electron chi connectivity index (χ0n) is 19.2. The number of ether oxygens (including phenoxy) is 2. The molecule has 0 aliphatic heterocycles. The van der Waals surface area contributed by atoms with E-state index >= 15 is 0 Å². The van der Waals surface area contributed by atoms with E-state index in [0.29, 0.717) is 41.7 Å². The number of amides is 1. The minimum absolute atomic E-state index is 0.184. The molecule has 0 saturated heterocycles. The summed E-state index contributed by atoms with van der Waals surface area (Å²) in [5.74, 6) is 1.48. The van der Waals surface area contributed by atoms with Gasteiger partial charge in [0.2, 0.25) is 0 Å². The van der Waals surface area contributed by atoms with E-state index < -0.39 is 0 Å². The van der Waals surface area contributed by atoms with Crippen LogP contribution >= 0.6 is 0 Å². The molecule has 0 fully saturated rings. The number of aromatic nitrogens is 4. The predicted molar refractivity (Wildman–Crippen MR) is 126 cm³/mol. The summed E-state index contributed by atoms with van der Waals surface area (Å²) in [5.41, 5.74) is 2.72. The molecule has 0 saturated carbocycles. The van der Waals surface area contributed by atoms with E-state index in [1.807, 2.05) is 48.5 Å². The van der Waals surface area contributed by atoms with Gasteiger partial charge in [0.05, 0.1) is 24.6 Å². The van der Waals surface area contributed by atoms with Crippen molar-refractivity contribution in [3.8, 4) is 17.3 Å². The molecule has 2 aromatic heterocycles. The lowest BCUT2D eigenvalue weighted by Crippen LogP contribution is -2.26. The van der Waals surface area contributed by atoms with Gasteiger partial charge in [0.1, 0.15) is 6.61 Å². The SMILES string of the molecule is COc1cc(CN(C)C(=O)c2cnn(-c3ccc(=O)[nH]n3)c2C)ccc1OCc1ccccc1. The Hall–Kier alpha value is -4.40. The zero-order valence-corrected chi connectivity index (χ0v) is 19.2. The third-order valence-corrected chi connectivity index (χ3v) is 5.35. The highest BCUT2D eigenvalue weighted by Crippen LogP contribution is 2.29. The summed E-state index contributed by atoms with van der Waals surface area (Å²) in [6.45, 7) is 2.58. The van der Waals surface area contributed by atoms with Gasteiger partial charge < -0.3 is 14.4 Å². The van der Waals surface area contributed by atoms with Gasteiger partial charge in [0.25, 0.3) is 11.5 Å². The number of aromatic amines is 1. The Bertz CT molecular complexity index is 1330. The summed E-state index contributed by atoms with van der Waals surface area (Å²) in [6.07, 6.45) is 1.50. The second kappa shape index (κ2) is 10.0. The van der Waals surface area contributed by atoms with Crippen LogP contribution in [0.15, 0.2) is 71.7 Å². The molecule has 0 radical (unpaired) electrons. The van der Waals surface area contributed by atoms with Gasteiger partial charge in [-0.2, -0.15) is 10.2 Å². The van der Waals surface area contributed by atoms with E-state index in [4.69, 9.17) is 9.47 Å². The van der Waals surface area contributed by atoms with Crippen LogP contribution in [0, 0.1) is 6.92 Å². The van der Waals surface area contributed by atoms with E-state index in [2.05, 4.69) is 15.3 Å². The van der Waals surface area contributed by atoms with Gasteiger partial charge in [-0.15, -0.1) is 0 Å².